The van der Waals surface area contributed by atoms with Crippen LogP contribution in [0.5, 0.6) is 0 Å². The molecule has 88 valence electrons. The maximum Gasteiger partial charge on any atom is 0.320 e. The highest BCUT2D eigenvalue weighted by Gasteiger charge is 2.32. The van der Waals surface area contributed by atoms with Gasteiger partial charge in [-0.15, -0.1) is 11.3 Å². The van der Waals surface area contributed by atoms with Crippen LogP contribution in [-0.2, 0) is 4.79 Å². The molecule has 16 heavy (non-hydrogen) atoms. The van der Waals surface area contributed by atoms with Crippen LogP contribution in [0.15, 0.2) is 11.7 Å². The molecule has 2 heterocycles. The smallest absolute Gasteiger partial charge is 0.320 e. The van der Waals surface area contributed by atoms with Gasteiger partial charge in [0.25, 0.3) is 0 Å². The van der Waals surface area contributed by atoms with E-state index in [1.54, 1.807) is 16.8 Å². The second-order valence-electron chi connectivity index (χ2n) is 4.17. The fourth-order valence-electron chi connectivity index (χ4n) is 2.28. The Morgan fingerprint density at radius 3 is 3.12 bits per heavy atom. The first kappa shape index (κ1) is 11.5. The maximum absolute atomic E-state index is 11.2. The van der Waals surface area contributed by atoms with Gasteiger partial charge in [0.05, 0.1) is 5.51 Å². The zero-order chi connectivity index (χ0) is 11.5. The Morgan fingerprint density at radius 1 is 1.69 bits per heavy atom. The standard InChI is InChI=1S/C11H16N2O2S/c1-8(10-6-12-7-16-10)13-5-3-2-4-9(13)11(14)15/h6-9H,2-5H2,1H3,(H,14,15). The van der Waals surface area contributed by atoms with Crippen molar-refractivity contribution in [1.29, 1.82) is 0 Å². The van der Waals surface area contributed by atoms with Gasteiger partial charge in [-0.25, -0.2) is 0 Å². The summed E-state index contributed by atoms with van der Waals surface area (Å²) >= 11 is 1.59. The predicted octanol–water partition coefficient (Wildman–Crippen LogP) is 2.14. The van der Waals surface area contributed by atoms with Crippen molar-refractivity contribution in [2.24, 2.45) is 0 Å². The highest BCUT2D eigenvalue weighted by atomic mass is 32.1. The SMILES string of the molecule is CC(c1cncs1)N1CCCCC1C(=O)O. The van der Waals surface area contributed by atoms with E-state index in [2.05, 4.69) is 16.8 Å². The summed E-state index contributed by atoms with van der Waals surface area (Å²) in [6.45, 7) is 2.94. The van der Waals surface area contributed by atoms with Gasteiger partial charge in [0, 0.05) is 17.1 Å². The number of thiazole rings is 1. The first-order chi connectivity index (χ1) is 7.70. The molecule has 1 aromatic heterocycles. The molecule has 0 radical (unpaired) electrons. The molecule has 4 nitrogen and oxygen atoms in total. The molecular weight excluding hydrogens is 224 g/mol. The summed E-state index contributed by atoms with van der Waals surface area (Å²) in [6.07, 6.45) is 4.71. The molecule has 0 aromatic carbocycles. The van der Waals surface area contributed by atoms with Gasteiger partial charge in [0.1, 0.15) is 6.04 Å². The van der Waals surface area contributed by atoms with Crippen molar-refractivity contribution in [3.05, 3.63) is 16.6 Å². The molecule has 0 spiro atoms. The summed E-state index contributed by atoms with van der Waals surface area (Å²) in [4.78, 5) is 18.5. The van der Waals surface area contributed by atoms with Crippen LogP contribution in [0.4, 0.5) is 0 Å². The van der Waals surface area contributed by atoms with Gasteiger partial charge in [-0.1, -0.05) is 6.42 Å². The van der Waals surface area contributed by atoms with Crippen LogP contribution in [0.1, 0.15) is 37.1 Å². The molecule has 2 atom stereocenters. The number of nitrogens with zero attached hydrogens (tertiary/aromatic N) is 2. The van der Waals surface area contributed by atoms with E-state index in [1.807, 2.05) is 6.20 Å². The lowest BCUT2D eigenvalue weighted by molar-refractivity contribution is -0.145. The molecule has 1 N–H and O–H groups in total. The van der Waals surface area contributed by atoms with Crippen molar-refractivity contribution in [1.82, 2.24) is 9.88 Å². The Morgan fingerprint density at radius 2 is 2.50 bits per heavy atom. The zero-order valence-corrected chi connectivity index (χ0v) is 10.1. The molecule has 2 rings (SSSR count). The number of hydrogen-bond acceptors (Lipinski definition) is 4. The van der Waals surface area contributed by atoms with E-state index in [-0.39, 0.29) is 12.1 Å². The Kier molecular flexibility index (Phi) is 3.56. The van der Waals surface area contributed by atoms with Gasteiger partial charge < -0.3 is 5.11 Å². The van der Waals surface area contributed by atoms with Gasteiger partial charge >= 0.3 is 5.97 Å². The quantitative estimate of drug-likeness (QED) is 0.879. The molecule has 0 saturated carbocycles. The number of likely N-dealkylation sites (tertiary alicyclic amines) is 1. The van der Waals surface area contributed by atoms with Crippen molar-refractivity contribution in [3.8, 4) is 0 Å². The van der Waals surface area contributed by atoms with E-state index >= 15 is 0 Å². The topological polar surface area (TPSA) is 53.4 Å². The highest BCUT2D eigenvalue weighted by Crippen LogP contribution is 2.30. The van der Waals surface area contributed by atoms with Crippen LogP contribution in [0.3, 0.4) is 0 Å². The summed E-state index contributed by atoms with van der Waals surface area (Å²) in [6, 6.07) is -0.167. The molecule has 5 heteroatoms. The van der Waals surface area contributed by atoms with Crippen LogP contribution in [0.2, 0.25) is 0 Å². The van der Waals surface area contributed by atoms with Crippen LogP contribution >= 0.6 is 11.3 Å². The molecule has 1 aliphatic heterocycles. The van der Waals surface area contributed by atoms with Gasteiger partial charge in [0.2, 0.25) is 0 Å². The summed E-state index contributed by atoms with van der Waals surface area (Å²) in [5.41, 5.74) is 1.80. The second kappa shape index (κ2) is 4.93. The van der Waals surface area contributed by atoms with Gasteiger partial charge in [-0.05, 0) is 26.3 Å². The third kappa shape index (κ3) is 2.25. The zero-order valence-electron chi connectivity index (χ0n) is 9.30. The van der Waals surface area contributed by atoms with E-state index in [9.17, 15) is 9.90 Å². The fourth-order valence-corrected chi connectivity index (χ4v) is 2.98. The van der Waals surface area contributed by atoms with Crippen LogP contribution in [0, 0.1) is 0 Å². The van der Waals surface area contributed by atoms with E-state index in [4.69, 9.17) is 0 Å². The van der Waals surface area contributed by atoms with Gasteiger partial charge in [-0.3, -0.25) is 14.7 Å². The number of aromatic nitrogens is 1. The average molecular weight is 240 g/mol. The number of carbonyl (C=O) groups is 1. The van der Waals surface area contributed by atoms with Gasteiger partial charge in [-0.2, -0.15) is 0 Å². The number of aliphatic carboxylic acids is 1. The first-order valence-corrected chi connectivity index (χ1v) is 6.45. The molecule has 1 aromatic rings. The molecule has 2 unspecified atom stereocenters. The van der Waals surface area contributed by atoms with Crippen molar-refractivity contribution < 1.29 is 9.90 Å². The van der Waals surface area contributed by atoms with Crippen molar-refractivity contribution >= 4 is 17.3 Å². The van der Waals surface area contributed by atoms with E-state index in [1.165, 1.54) is 0 Å². The lowest BCUT2D eigenvalue weighted by atomic mass is 10.00. The summed E-state index contributed by atoms with van der Waals surface area (Å²) < 4.78 is 0. The van der Waals surface area contributed by atoms with Crippen molar-refractivity contribution in [2.75, 3.05) is 6.54 Å². The Bertz CT molecular complexity index is 353. The molecule has 1 saturated heterocycles. The molecule has 1 aliphatic rings. The van der Waals surface area contributed by atoms with E-state index in [0.717, 1.165) is 30.7 Å². The molecule has 0 aliphatic carbocycles. The molecule has 0 amide bonds. The number of carboxylic acids is 1. The lowest BCUT2D eigenvalue weighted by Gasteiger charge is -2.36. The number of carboxylic acid groups (broad SMARTS) is 1. The maximum atomic E-state index is 11.2. The predicted molar refractivity (Wildman–Crippen MR) is 62.5 cm³/mol. The monoisotopic (exact) mass is 240 g/mol. The third-order valence-electron chi connectivity index (χ3n) is 3.19. The van der Waals surface area contributed by atoms with Crippen molar-refractivity contribution in [3.63, 3.8) is 0 Å². The normalized spacial score (nSPS) is 24.2. The third-order valence-corrected chi connectivity index (χ3v) is 4.14. The highest BCUT2D eigenvalue weighted by molar-refractivity contribution is 7.09. The Hall–Kier alpha value is -0.940. The number of hydrogen-bond donors (Lipinski definition) is 1. The van der Waals surface area contributed by atoms with Crippen LogP contribution in [0.25, 0.3) is 0 Å². The summed E-state index contributed by atoms with van der Waals surface area (Å²) in [5.74, 6) is -0.698. The first-order valence-electron chi connectivity index (χ1n) is 5.57. The number of rotatable bonds is 3. The molecule has 0 bridgehead atoms. The van der Waals surface area contributed by atoms with Gasteiger partial charge in [0.15, 0.2) is 0 Å². The van der Waals surface area contributed by atoms with Crippen LogP contribution < -0.4 is 0 Å². The van der Waals surface area contributed by atoms with E-state index < -0.39 is 5.97 Å². The fraction of sp³-hybridized carbons (Fsp3) is 0.636. The van der Waals surface area contributed by atoms with Crippen LogP contribution in [-0.4, -0.2) is 33.5 Å². The lowest BCUT2D eigenvalue weighted by Crippen LogP contribution is -2.45. The minimum absolute atomic E-state index is 0.161. The minimum Gasteiger partial charge on any atom is -0.480 e. The summed E-state index contributed by atoms with van der Waals surface area (Å²) in [5, 5.41) is 9.20. The van der Waals surface area contributed by atoms with E-state index in [0.29, 0.717) is 0 Å². The Balaban J connectivity index is 2.14. The largest absolute Gasteiger partial charge is 0.480 e. The molecule has 1 fully saturated rings. The Labute approximate surface area is 98.9 Å². The average Bonchev–Trinajstić information content (AvgIpc) is 2.81. The molecular formula is C11H16N2O2S. The summed E-state index contributed by atoms with van der Waals surface area (Å²) in [7, 11) is 0. The second-order valence-corrected chi connectivity index (χ2v) is 5.09. The van der Waals surface area contributed by atoms with Crippen molar-refractivity contribution in [2.45, 2.75) is 38.3 Å². The number of piperidine rings is 1. The minimum atomic E-state index is -0.698.